The number of nitrogens with zero attached hydrogens (tertiary/aromatic N) is 3. The molecule has 3 rings (SSSR count). The second-order valence-corrected chi connectivity index (χ2v) is 5.33. The summed E-state index contributed by atoms with van der Waals surface area (Å²) in [5, 5.41) is 1.01. The van der Waals surface area contributed by atoms with E-state index < -0.39 is 0 Å². The molecule has 1 fully saturated rings. The van der Waals surface area contributed by atoms with Crippen LogP contribution in [0.3, 0.4) is 0 Å². The highest BCUT2D eigenvalue weighted by molar-refractivity contribution is 5.91. The van der Waals surface area contributed by atoms with Crippen LogP contribution in [-0.4, -0.2) is 35.3 Å². The van der Waals surface area contributed by atoms with Crippen molar-refractivity contribution in [3.8, 4) is 0 Å². The van der Waals surface area contributed by atoms with E-state index in [-0.39, 0.29) is 6.10 Å². The van der Waals surface area contributed by atoms with Gasteiger partial charge < -0.3 is 15.4 Å². The predicted octanol–water partition coefficient (Wildman–Crippen LogP) is 2.22. The van der Waals surface area contributed by atoms with Crippen molar-refractivity contribution in [3.05, 3.63) is 24.5 Å². The predicted molar refractivity (Wildman–Crippen MR) is 80.8 cm³/mol. The third kappa shape index (κ3) is 2.29. The molecule has 0 amide bonds. The minimum atomic E-state index is 0.212. The van der Waals surface area contributed by atoms with Crippen molar-refractivity contribution in [2.75, 3.05) is 23.8 Å². The maximum atomic E-state index is 5.92. The molecule has 1 aromatic heterocycles. The SMILES string of the molecule is CCC1COC(C)CN1c1ncnc2ccc(N)cc12. The number of anilines is 2. The lowest BCUT2D eigenvalue weighted by Gasteiger charge is -2.39. The number of hydrogen-bond acceptors (Lipinski definition) is 5. The Morgan fingerprint density at radius 3 is 3.05 bits per heavy atom. The molecule has 1 aliphatic rings. The van der Waals surface area contributed by atoms with Crippen molar-refractivity contribution in [3.63, 3.8) is 0 Å². The molecule has 2 aromatic rings. The molecule has 0 bridgehead atoms. The van der Waals surface area contributed by atoms with Gasteiger partial charge in [-0.3, -0.25) is 0 Å². The van der Waals surface area contributed by atoms with Crippen LogP contribution in [0.15, 0.2) is 24.5 Å². The number of nitrogens with two attached hydrogens (primary N) is 1. The summed E-state index contributed by atoms with van der Waals surface area (Å²) in [4.78, 5) is 11.2. The number of morpholine rings is 1. The Balaban J connectivity index is 2.09. The number of fused-ring (bicyclic) bond motifs is 1. The minimum Gasteiger partial charge on any atom is -0.399 e. The van der Waals surface area contributed by atoms with Crippen molar-refractivity contribution in [2.45, 2.75) is 32.4 Å². The molecule has 2 atom stereocenters. The van der Waals surface area contributed by atoms with E-state index in [1.807, 2.05) is 18.2 Å². The molecule has 1 saturated heterocycles. The van der Waals surface area contributed by atoms with Gasteiger partial charge >= 0.3 is 0 Å². The molecule has 1 aliphatic heterocycles. The van der Waals surface area contributed by atoms with Gasteiger partial charge in [0, 0.05) is 17.6 Å². The average Bonchev–Trinajstić information content (AvgIpc) is 2.46. The number of benzene rings is 1. The van der Waals surface area contributed by atoms with E-state index in [4.69, 9.17) is 10.5 Å². The molecule has 0 saturated carbocycles. The van der Waals surface area contributed by atoms with Crippen molar-refractivity contribution < 1.29 is 4.74 Å². The van der Waals surface area contributed by atoms with Crippen LogP contribution in [0.2, 0.25) is 0 Å². The summed E-state index contributed by atoms with van der Waals surface area (Å²) in [6.07, 6.45) is 2.87. The van der Waals surface area contributed by atoms with E-state index in [1.165, 1.54) is 0 Å². The van der Waals surface area contributed by atoms with Gasteiger partial charge in [0.2, 0.25) is 0 Å². The molecule has 2 unspecified atom stereocenters. The van der Waals surface area contributed by atoms with Gasteiger partial charge in [0.15, 0.2) is 0 Å². The van der Waals surface area contributed by atoms with Gasteiger partial charge in [-0.1, -0.05) is 6.92 Å². The molecular weight excluding hydrogens is 252 g/mol. The molecule has 2 heterocycles. The third-order valence-corrected chi connectivity index (χ3v) is 3.85. The second-order valence-electron chi connectivity index (χ2n) is 5.33. The van der Waals surface area contributed by atoms with E-state index in [0.717, 1.165) is 42.0 Å². The highest BCUT2D eigenvalue weighted by Crippen LogP contribution is 2.29. The molecular formula is C15H20N4O. The number of nitrogen functional groups attached to an aromatic ring is 1. The molecule has 0 radical (unpaired) electrons. The van der Waals surface area contributed by atoms with E-state index in [1.54, 1.807) is 6.33 Å². The number of aromatic nitrogens is 2. The van der Waals surface area contributed by atoms with Gasteiger partial charge in [0.25, 0.3) is 0 Å². The van der Waals surface area contributed by atoms with E-state index in [9.17, 15) is 0 Å². The van der Waals surface area contributed by atoms with Gasteiger partial charge in [-0.15, -0.1) is 0 Å². The Hall–Kier alpha value is -1.88. The quantitative estimate of drug-likeness (QED) is 0.849. The maximum Gasteiger partial charge on any atom is 0.140 e. The van der Waals surface area contributed by atoms with Crippen LogP contribution in [0.1, 0.15) is 20.3 Å². The number of rotatable bonds is 2. The maximum absolute atomic E-state index is 5.92. The van der Waals surface area contributed by atoms with Crippen molar-refractivity contribution >= 4 is 22.4 Å². The molecule has 5 nitrogen and oxygen atoms in total. The third-order valence-electron chi connectivity index (χ3n) is 3.85. The highest BCUT2D eigenvalue weighted by atomic mass is 16.5. The second kappa shape index (κ2) is 5.25. The highest BCUT2D eigenvalue weighted by Gasteiger charge is 2.27. The normalized spacial score (nSPS) is 23.2. The standard InChI is InChI=1S/C15H20N4O/c1-3-12-8-20-10(2)7-19(12)15-13-6-11(16)4-5-14(13)17-9-18-15/h4-6,9-10,12H,3,7-8,16H2,1-2H3. The fraction of sp³-hybridized carbons (Fsp3) is 0.467. The van der Waals surface area contributed by atoms with Crippen molar-refractivity contribution in [2.24, 2.45) is 0 Å². The zero-order valence-corrected chi connectivity index (χ0v) is 11.9. The van der Waals surface area contributed by atoms with Gasteiger partial charge in [-0.2, -0.15) is 0 Å². The Morgan fingerprint density at radius 2 is 2.25 bits per heavy atom. The topological polar surface area (TPSA) is 64.3 Å². The first kappa shape index (κ1) is 13.1. The summed E-state index contributed by atoms with van der Waals surface area (Å²) >= 11 is 0. The van der Waals surface area contributed by atoms with Gasteiger partial charge in [0.05, 0.1) is 24.3 Å². The first-order valence-electron chi connectivity index (χ1n) is 7.07. The largest absolute Gasteiger partial charge is 0.399 e. The Kier molecular flexibility index (Phi) is 3.44. The first-order valence-corrected chi connectivity index (χ1v) is 7.07. The summed E-state index contributed by atoms with van der Waals surface area (Å²) < 4.78 is 5.76. The minimum absolute atomic E-state index is 0.212. The fourth-order valence-corrected chi connectivity index (χ4v) is 2.73. The van der Waals surface area contributed by atoms with Crippen LogP contribution in [0.4, 0.5) is 11.5 Å². The van der Waals surface area contributed by atoms with Crippen molar-refractivity contribution in [1.29, 1.82) is 0 Å². The molecule has 0 aliphatic carbocycles. The van der Waals surface area contributed by atoms with E-state index >= 15 is 0 Å². The van der Waals surface area contributed by atoms with Crippen LogP contribution in [0.5, 0.6) is 0 Å². The molecule has 106 valence electrons. The van der Waals surface area contributed by atoms with Crippen LogP contribution < -0.4 is 10.6 Å². The van der Waals surface area contributed by atoms with Gasteiger partial charge in [-0.05, 0) is 31.5 Å². The summed E-state index contributed by atoms with van der Waals surface area (Å²) in [5.74, 6) is 0.962. The van der Waals surface area contributed by atoms with Crippen LogP contribution in [0.25, 0.3) is 10.9 Å². The summed E-state index contributed by atoms with van der Waals surface area (Å²) in [6, 6.07) is 6.13. The fourth-order valence-electron chi connectivity index (χ4n) is 2.73. The van der Waals surface area contributed by atoms with Gasteiger partial charge in [-0.25, -0.2) is 9.97 Å². The number of ether oxygens (including phenoxy) is 1. The Morgan fingerprint density at radius 1 is 1.40 bits per heavy atom. The first-order chi connectivity index (χ1) is 9.69. The summed E-state index contributed by atoms with van der Waals surface area (Å²) in [5.41, 5.74) is 7.59. The Bertz CT molecular complexity index is 616. The van der Waals surface area contributed by atoms with E-state index in [2.05, 4.69) is 28.7 Å². The van der Waals surface area contributed by atoms with E-state index in [0.29, 0.717) is 6.04 Å². The number of hydrogen-bond donors (Lipinski definition) is 1. The molecule has 1 aromatic carbocycles. The smallest absolute Gasteiger partial charge is 0.140 e. The monoisotopic (exact) mass is 272 g/mol. The lowest BCUT2D eigenvalue weighted by molar-refractivity contribution is 0.0297. The zero-order chi connectivity index (χ0) is 14.1. The van der Waals surface area contributed by atoms with Crippen LogP contribution in [-0.2, 0) is 4.74 Å². The molecule has 0 spiro atoms. The summed E-state index contributed by atoms with van der Waals surface area (Å²) in [7, 11) is 0. The van der Waals surface area contributed by atoms with Crippen molar-refractivity contribution in [1.82, 2.24) is 9.97 Å². The lowest BCUT2D eigenvalue weighted by Crippen LogP contribution is -2.49. The lowest BCUT2D eigenvalue weighted by atomic mass is 10.1. The molecule has 2 N–H and O–H groups in total. The van der Waals surface area contributed by atoms with Gasteiger partial charge in [0.1, 0.15) is 12.1 Å². The average molecular weight is 272 g/mol. The Labute approximate surface area is 118 Å². The zero-order valence-electron chi connectivity index (χ0n) is 11.9. The molecule has 20 heavy (non-hydrogen) atoms. The summed E-state index contributed by atoms with van der Waals surface area (Å²) in [6.45, 7) is 5.86. The van der Waals surface area contributed by atoms with Crippen LogP contribution >= 0.6 is 0 Å². The molecule has 5 heteroatoms. The van der Waals surface area contributed by atoms with Crippen LogP contribution in [0, 0.1) is 0 Å².